The van der Waals surface area contributed by atoms with Gasteiger partial charge in [0.25, 0.3) is 0 Å². The Bertz CT molecular complexity index is 1010. The molecule has 247 valence electrons. The predicted molar refractivity (Wildman–Crippen MR) is 213 cm³/mol. The summed E-state index contributed by atoms with van der Waals surface area (Å²) in [6.45, 7) is 0. The zero-order chi connectivity index (χ0) is 31.1. The second kappa shape index (κ2) is 28.4. The van der Waals surface area contributed by atoms with E-state index in [-0.39, 0.29) is 49.0 Å². The molecule has 9 heteroatoms. The molecular weight excluding hydrogens is 864 g/mol. The summed E-state index contributed by atoms with van der Waals surface area (Å²) in [6.07, 6.45) is 7.62. The summed E-state index contributed by atoms with van der Waals surface area (Å²) >= 11 is 4.74. The standard InChI is InChI=1S/2C18H24N2.2ClH.2HI.V/c2*19-17(13-15-7-3-1-4-8-15)11-12-18(20)14-16-9-5-2-6-10-16;;;;;/h2*1-10,17-18H,11-14,19-20H2;4*1H;/q;;;;;;+2/p-2/t2*17-,18-;;;;;/m11...../s1. The molecule has 0 saturated heterocycles. The normalized spacial score (nSPS) is 12.7. The van der Waals surface area contributed by atoms with Crippen LogP contribution in [0.3, 0.4) is 0 Å². The summed E-state index contributed by atoms with van der Waals surface area (Å²) in [4.78, 5) is 0. The van der Waals surface area contributed by atoms with Crippen molar-refractivity contribution in [1.82, 2.24) is 0 Å². The molecule has 0 aliphatic rings. The Balaban J connectivity index is 0.000000760. The number of hydrogen-bond acceptors (Lipinski definition) is 4. The summed E-state index contributed by atoms with van der Waals surface area (Å²) < 4.78 is 0. The quantitative estimate of drug-likeness (QED) is 0.0955. The maximum absolute atomic E-state index is 6.19. The Kier molecular flexibility index (Phi) is 28.0. The van der Waals surface area contributed by atoms with Gasteiger partial charge in [0.2, 0.25) is 0 Å². The van der Waals surface area contributed by atoms with Crippen molar-refractivity contribution in [2.45, 2.75) is 75.5 Å². The monoisotopic (exact) mass is 913 g/mol. The van der Waals surface area contributed by atoms with Crippen molar-refractivity contribution in [3.8, 4) is 0 Å². The van der Waals surface area contributed by atoms with E-state index in [0.717, 1.165) is 51.4 Å². The van der Waals surface area contributed by atoms with Gasteiger partial charge in [-0.25, -0.2) is 0 Å². The molecular formula is C36H50Cl2I2N4V. The number of nitrogens with two attached hydrogens (primary N) is 4. The summed E-state index contributed by atoms with van der Waals surface area (Å²) in [5, 5.41) is 0. The van der Waals surface area contributed by atoms with E-state index in [1.54, 1.807) is 0 Å². The SMILES string of the molecule is Cl.Cl.N[C@H](CC[C@@H](N)Cc1ccccc1)Cc1ccccc1.N[C@H](CC[C@@H](N)Cc1ccccc1)Cc1ccccc1.[I][V][I]. The fraction of sp³-hybridized carbons (Fsp3) is 0.333. The van der Waals surface area contributed by atoms with E-state index in [2.05, 4.69) is 137 Å². The topological polar surface area (TPSA) is 104 Å². The Hall–Kier alpha value is -0.656. The average Bonchev–Trinajstić information content (AvgIpc) is 3.02. The predicted octanol–water partition coefficient (Wildman–Crippen LogP) is 8.43. The van der Waals surface area contributed by atoms with Crippen LogP contribution in [0.25, 0.3) is 0 Å². The molecule has 45 heavy (non-hydrogen) atoms. The van der Waals surface area contributed by atoms with Crippen molar-refractivity contribution < 1.29 is 9.47 Å². The van der Waals surface area contributed by atoms with Gasteiger partial charge in [-0.2, -0.15) is 0 Å². The number of rotatable bonds is 14. The molecule has 0 radical (unpaired) electrons. The van der Waals surface area contributed by atoms with E-state index in [9.17, 15) is 0 Å². The van der Waals surface area contributed by atoms with E-state index in [4.69, 9.17) is 22.9 Å². The van der Waals surface area contributed by atoms with Crippen LogP contribution >= 0.6 is 64.8 Å². The summed E-state index contributed by atoms with van der Waals surface area (Å²) in [5.41, 5.74) is 30.0. The molecule has 8 N–H and O–H groups in total. The third kappa shape index (κ3) is 22.5. The summed E-state index contributed by atoms with van der Waals surface area (Å²) in [6, 6.07) is 42.4. The van der Waals surface area contributed by atoms with Crippen LogP contribution in [-0.2, 0) is 35.1 Å². The molecule has 0 amide bonds. The van der Waals surface area contributed by atoms with Gasteiger partial charge in [-0.05, 0) is 73.6 Å². The molecule has 0 heterocycles. The second-order valence-electron chi connectivity index (χ2n) is 11.0. The van der Waals surface area contributed by atoms with E-state index in [0.29, 0.717) is 9.47 Å². The Labute approximate surface area is 313 Å². The van der Waals surface area contributed by atoms with Crippen molar-refractivity contribution in [1.29, 1.82) is 0 Å². The molecule has 0 fully saturated rings. The van der Waals surface area contributed by atoms with Gasteiger partial charge in [0.15, 0.2) is 0 Å². The van der Waals surface area contributed by atoms with Gasteiger partial charge in [0.05, 0.1) is 0 Å². The molecule has 0 unspecified atom stereocenters. The van der Waals surface area contributed by atoms with Crippen LogP contribution in [0.4, 0.5) is 0 Å². The van der Waals surface area contributed by atoms with Gasteiger partial charge in [-0.1, -0.05) is 121 Å². The molecule has 0 saturated carbocycles. The Morgan fingerprint density at radius 1 is 0.378 bits per heavy atom. The van der Waals surface area contributed by atoms with Gasteiger partial charge in [-0.15, -0.1) is 24.8 Å². The van der Waals surface area contributed by atoms with Crippen molar-refractivity contribution in [2.24, 2.45) is 22.9 Å². The molecule has 0 aliphatic carbocycles. The fourth-order valence-electron chi connectivity index (χ4n) is 4.93. The Morgan fingerprint density at radius 3 is 0.689 bits per heavy atom. The van der Waals surface area contributed by atoms with Gasteiger partial charge in [-0.3, -0.25) is 0 Å². The van der Waals surface area contributed by atoms with Crippen molar-refractivity contribution in [3.05, 3.63) is 144 Å². The number of benzene rings is 4. The number of hydrogen-bond donors (Lipinski definition) is 4. The first-order valence-electron chi connectivity index (χ1n) is 15.0. The molecule has 0 bridgehead atoms. The molecule has 4 nitrogen and oxygen atoms in total. The third-order valence-corrected chi connectivity index (χ3v) is 7.18. The van der Waals surface area contributed by atoms with Crippen LogP contribution in [0.15, 0.2) is 121 Å². The van der Waals surface area contributed by atoms with Gasteiger partial charge < -0.3 is 22.9 Å². The third-order valence-electron chi connectivity index (χ3n) is 7.18. The van der Waals surface area contributed by atoms with Crippen LogP contribution in [0, 0.1) is 0 Å². The minimum absolute atomic E-state index is 0. The molecule has 4 atom stereocenters. The van der Waals surface area contributed by atoms with E-state index in [1.807, 2.05) is 24.3 Å². The molecule has 4 aromatic rings. The van der Waals surface area contributed by atoms with Crippen LogP contribution in [0.2, 0.25) is 0 Å². The minimum atomic E-state index is 0. The molecule has 4 rings (SSSR count). The van der Waals surface area contributed by atoms with E-state index >= 15 is 0 Å². The van der Waals surface area contributed by atoms with Crippen LogP contribution < -0.4 is 22.9 Å². The van der Waals surface area contributed by atoms with Crippen molar-refractivity contribution >= 4 is 64.8 Å². The molecule has 0 spiro atoms. The zero-order valence-electron chi connectivity index (χ0n) is 25.8. The van der Waals surface area contributed by atoms with Crippen LogP contribution in [-0.4, -0.2) is 24.2 Å². The van der Waals surface area contributed by atoms with Crippen LogP contribution in [0.1, 0.15) is 47.9 Å². The second-order valence-corrected chi connectivity index (χ2v) is 22.8. The maximum atomic E-state index is 6.19. The number of halogens is 4. The first kappa shape index (κ1) is 44.3. The first-order chi connectivity index (χ1) is 20.9. The van der Waals surface area contributed by atoms with Crippen LogP contribution in [0.5, 0.6) is 0 Å². The fourth-order valence-corrected chi connectivity index (χ4v) is 4.93. The average molecular weight is 914 g/mol. The summed E-state index contributed by atoms with van der Waals surface area (Å²) in [5.74, 6) is 0. The Morgan fingerprint density at radius 2 is 0.533 bits per heavy atom. The molecule has 0 aliphatic heterocycles. The van der Waals surface area contributed by atoms with Crippen molar-refractivity contribution in [3.63, 3.8) is 0 Å². The van der Waals surface area contributed by atoms with E-state index in [1.165, 1.54) is 22.3 Å². The van der Waals surface area contributed by atoms with E-state index < -0.39 is 0 Å². The zero-order valence-corrected chi connectivity index (χ0v) is 33.2. The first-order valence-corrected chi connectivity index (χ1v) is 24.0. The van der Waals surface area contributed by atoms with Gasteiger partial charge >= 0.3 is 49.4 Å². The van der Waals surface area contributed by atoms with Gasteiger partial charge in [0, 0.05) is 24.2 Å². The molecule has 0 aromatic heterocycles. The molecule has 4 aromatic carbocycles. The van der Waals surface area contributed by atoms with Crippen molar-refractivity contribution in [2.75, 3.05) is 0 Å². The van der Waals surface area contributed by atoms with Gasteiger partial charge in [0.1, 0.15) is 0 Å². The summed E-state index contributed by atoms with van der Waals surface area (Å²) in [7, 11) is 0.628.